The van der Waals surface area contributed by atoms with Crippen molar-refractivity contribution in [2.24, 2.45) is 0 Å². The Hall–Kier alpha value is -3.88. The molecule has 0 bridgehead atoms. The van der Waals surface area contributed by atoms with E-state index in [2.05, 4.69) is 6.07 Å². The lowest BCUT2D eigenvalue weighted by molar-refractivity contribution is 0.0785. The van der Waals surface area contributed by atoms with Crippen LogP contribution in [0.3, 0.4) is 0 Å². The molecule has 0 aliphatic carbocycles. The van der Waals surface area contributed by atoms with Crippen LogP contribution in [0.15, 0.2) is 85.1 Å². The average molecular weight is 441 g/mol. The van der Waals surface area contributed by atoms with Crippen molar-refractivity contribution in [3.8, 4) is 17.3 Å². The highest BCUT2D eigenvalue weighted by atomic mass is 35.5. The Bertz CT molecular complexity index is 1270. The van der Waals surface area contributed by atoms with Gasteiger partial charge in [-0.1, -0.05) is 60.1 Å². The molecule has 1 heterocycles. The molecular weight excluding hydrogens is 420 g/mol. The first-order valence-electron chi connectivity index (χ1n) is 10.2. The minimum absolute atomic E-state index is 0.118. The molecule has 0 radical (unpaired) electrons. The molecule has 4 rings (SSSR count). The molecule has 0 aliphatic rings. The van der Waals surface area contributed by atoms with Gasteiger partial charge in [-0.25, -0.2) is 0 Å². The fourth-order valence-electron chi connectivity index (χ4n) is 3.53. The predicted octanol–water partition coefficient (Wildman–Crippen LogP) is 5.40. The van der Waals surface area contributed by atoms with Gasteiger partial charge in [-0.3, -0.25) is 9.48 Å². The second-order valence-corrected chi connectivity index (χ2v) is 7.92. The first-order chi connectivity index (χ1) is 15.5. The molecule has 0 N–H and O–H groups in total. The Morgan fingerprint density at radius 3 is 2.38 bits per heavy atom. The number of benzene rings is 3. The zero-order chi connectivity index (χ0) is 22.5. The second kappa shape index (κ2) is 9.51. The summed E-state index contributed by atoms with van der Waals surface area (Å²) in [5, 5.41) is 14.5. The van der Waals surface area contributed by atoms with Gasteiger partial charge in [0, 0.05) is 41.5 Å². The van der Waals surface area contributed by atoms with Crippen LogP contribution in [0.25, 0.3) is 11.3 Å². The molecule has 0 saturated heterocycles. The number of aromatic nitrogens is 2. The molecule has 0 spiro atoms. The van der Waals surface area contributed by atoms with Crippen LogP contribution in [0.1, 0.15) is 27.0 Å². The first-order valence-corrected chi connectivity index (χ1v) is 10.5. The Balaban J connectivity index is 1.62. The SMILES string of the molecule is CN(Cc1cn(Cc2ccccc2Cl)nc1-c1ccccc1)C(=O)c1ccc(C#N)cc1. The van der Waals surface area contributed by atoms with Crippen molar-refractivity contribution >= 4 is 17.5 Å². The second-order valence-electron chi connectivity index (χ2n) is 7.51. The van der Waals surface area contributed by atoms with Crippen LogP contribution < -0.4 is 0 Å². The van der Waals surface area contributed by atoms with Crippen LogP contribution in [0.2, 0.25) is 5.02 Å². The number of nitrogens with zero attached hydrogens (tertiary/aromatic N) is 4. The van der Waals surface area contributed by atoms with E-state index in [9.17, 15) is 4.79 Å². The van der Waals surface area contributed by atoms with E-state index in [1.165, 1.54) is 0 Å². The van der Waals surface area contributed by atoms with Crippen molar-refractivity contribution in [3.05, 3.63) is 112 Å². The number of carbonyl (C=O) groups excluding carboxylic acids is 1. The van der Waals surface area contributed by atoms with Gasteiger partial charge in [0.05, 0.1) is 23.9 Å². The standard InChI is InChI=1S/C26H21ClN4O/c1-30(26(32)21-13-11-19(15-28)12-14-21)16-23-18-31(17-22-9-5-6-10-24(22)27)29-25(23)20-7-3-2-4-8-20/h2-14,18H,16-17H2,1H3. The van der Waals surface area contributed by atoms with Crippen molar-refractivity contribution in [1.29, 1.82) is 5.26 Å². The monoisotopic (exact) mass is 440 g/mol. The molecule has 0 aliphatic heterocycles. The summed E-state index contributed by atoms with van der Waals surface area (Å²) in [7, 11) is 1.76. The topological polar surface area (TPSA) is 61.9 Å². The van der Waals surface area contributed by atoms with Crippen LogP contribution in [-0.4, -0.2) is 27.6 Å². The summed E-state index contributed by atoms with van der Waals surface area (Å²) in [5.41, 5.74) is 4.79. The van der Waals surface area contributed by atoms with Crippen molar-refractivity contribution < 1.29 is 4.79 Å². The van der Waals surface area contributed by atoms with Gasteiger partial charge < -0.3 is 4.90 Å². The minimum atomic E-state index is -0.118. The van der Waals surface area contributed by atoms with E-state index in [0.29, 0.717) is 29.2 Å². The Kier molecular flexibility index (Phi) is 6.34. The summed E-state index contributed by atoms with van der Waals surface area (Å²) in [6.45, 7) is 0.929. The maximum Gasteiger partial charge on any atom is 0.253 e. The van der Waals surface area contributed by atoms with Gasteiger partial charge in [0.1, 0.15) is 0 Å². The average Bonchev–Trinajstić information content (AvgIpc) is 3.22. The number of rotatable bonds is 6. The van der Waals surface area contributed by atoms with Gasteiger partial charge in [-0.2, -0.15) is 10.4 Å². The summed E-state index contributed by atoms with van der Waals surface area (Å²) in [4.78, 5) is 14.6. The zero-order valence-corrected chi connectivity index (χ0v) is 18.3. The van der Waals surface area contributed by atoms with E-state index >= 15 is 0 Å². The largest absolute Gasteiger partial charge is 0.337 e. The van der Waals surface area contributed by atoms with Crippen LogP contribution >= 0.6 is 11.6 Å². The third-order valence-electron chi connectivity index (χ3n) is 5.19. The highest BCUT2D eigenvalue weighted by Crippen LogP contribution is 2.25. The molecule has 1 amide bonds. The van der Waals surface area contributed by atoms with Gasteiger partial charge >= 0.3 is 0 Å². The predicted molar refractivity (Wildman–Crippen MR) is 125 cm³/mol. The van der Waals surface area contributed by atoms with Crippen LogP contribution in [0.4, 0.5) is 0 Å². The molecule has 5 nitrogen and oxygen atoms in total. The quantitative estimate of drug-likeness (QED) is 0.403. The summed E-state index contributed by atoms with van der Waals surface area (Å²) >= 11 is 6.34. The van der Waals surface area contributed by atoms with Gasteiger partial charge in [0.2, 0.25) is 0 Å². The number of hydrogen-bond acceptors (Lipinski definition) is 3. The van der Waals surface area contributed by atoms with Crippen LogP contribution in [-0.2, 0) is 13.1 Å². The van der Waals surface area contributed by atoms with E-state index in [0.717, 1.165) is 22.4 Å². The minimum Gasteiger partial charge on any atom is -0.337 e. The molecule has 0 fully saturated rings. The third-order valence-corrected chi connectivity index (χ3v) is 5.56. The van der Waals surface area contributed by atoms with Gasteiger partial charge in [-0.15, -0.1) is 0 Å². The fraction of sp³-hybridized carbons (Fsp3) is 0.115. The summed E-state index contributed by atoms with van der Waals surface area (Å²) in [6.07, 6.45) is 1.97. The number of amides is 1. The number of hydrogen-bond donors (Lipinski definition) is 0. The van der Waals surface area contributed by atoms with Gasteiger partial charge in [0.25, 0.3) is 5.91 Å². The maximum atomic E-state index is 12.9. The van der Waals surface area contributed by atoms with E-state index < -0.39 is 0 Å². The molecule has 158 valence electrons. The van der Waals surface area contributed by atoms with E-state index in [1.807, 2.05) is 65.5 Å². The molecular formula is C26H21ClN4O. The molecule has 0 unspecified atom stereocenters. The zero-order valence-electron chi connectivity index (χ0n) is 17.6. The molecule has 32 heavy (non-hydrogen) atoms. The third kappa shape index (κ3) is 4.72. The Morgan fingerprint density at radius 2 is 1.69 bits per heavy atom. The molecule has 4 aromatic rings. The van der Waals surface area contributed by atoms with E-state index in [1.54, 1.807) is 36.2 Å². The lowest BCUT2D eigenvalue weighted by Crippen LogP contribution is -2.26. The lowest BCUT2D eigenvalue weighted by atomic mass is 10.1. The molecule has 1 aromatic heterocycles. The number of halogens is 1. The lowest BCUT2D eigenvalue weighted by Gasteiger charge is -2.17. The van der Waals surface area contributed by atoms with Gasteiger partial charge in [0.15, 0.2) is 0 Å². The van der Waals surface area contributed by atoms with Crippen molar-refractivity contribution in [1.82, 2.24) is 14.7 Å². The first kappa shape index (κ1) is 21.4. The van der Waals surface area contributed by atoms with E-state index in [4.69, 9.17) is 22.0 Å². The van der Waals surface area contributed by atoms with Crippen LogP contribution in [0.5, 0.6) is 0 Å². The smallest absolute Gasteiger partial charge is 0.253 e. The number of nitriles is 1. The van der Waals surface area contributed by atoms with E-state index in [-0.39, 0.29) is 5.91 Å². The highest BCUT2D eigenvalue weighted by molar-refractivity contribution is 6.31. The Morgan fingerprint density at radius 1 is 1.00 bits per heavy atom. The molecule has 0 saturated carbocycles. The van der Waals surface area contributed by atoms with Crippen molar-refractivity contribution in [2.75, 3.05) is 7.05 Å². The van der Waals surface area contributed by atoms with Crippen molar-refractivity contribution in [3.63, 3.8) is 0 Å². The number of carbonyl (C=O) groups is 1. The van der Waals surface area contributed by atoms with Crippen LogP contribution in [0, 0.1) is 11.3 Å². The fourth-order valence-corrected chi connectivity index (χ4v) is 3.73. The highest BCUT2D eigenvalue weighted by Gasteiger charge is 2.18. The molecule has 0 atom stereocenters. The maximum absolute atomic E-state index is 12.9. The molecule has 3 aromatic carbocycles. The van der Waals surface area contributed by atoms with Gasteiger partial charge in [-0.05, 0) is 35.9 Å². The summed E-state index contributed by atoms with van der Waals surface area (Å²) in [5.74, 6) is -0.118. The summed E-state index contributed by atoms with van der Waals surface area (Å²) < 4.78 is 1.86. The van der Waals surface area contributed by atoms with Crippen molar-refractivity contribution in [2.45, 2.75) is 13.1 Å². The normalized spacial score (nSPS) is 10.5. The molecule has 6 heteroatoms. The summed E-state index contributed by atoms with van der Waals surface area (Å²) in [6, 6.07) is 26.3. The Labute approximate surface area is 192 Å².